The van der Waals surface area contributed by atoms with Gasteiger partial charge in [0.05, 0.1) is 12.5 Å². The summed E-state index contributed by atoms with van der Waals surface area (Å²) in [6.07, 6.45) is 5.12. The highest BCUT2D eigenvalue weighted by Gasteiger charge is 2.15. The number of para-hydroxylation sites is 1. The van der Waals surface area contributed by atoms with Gasteiger partial charge in [-0.2, -0.15) is 9.78 Å². The van der Waals surface area contributed by atoms with Crippen LogP contribution >= 0.6 is 11.8 Å². The molecule has 0 amide bonds. The van der Waals surface area contributed by atoms with E-state index < -0.39 is 0 Å². The maximum Gasteiger partial charge on any atom is 0.221 e. The van der Waals surface area contributed by atoms with Gasteiger partial charge in [0, 0.05) is 0 Å². The van der Waals surface area contributed by atoms with E-state index in [1.165, 1.54) is 11.8 Å². The van der Waals surface area contributed by atoms with Crippen LogP contribution in [-0.4, -0.2) is 27.3 Å². The number of rotatable bonds is 7. The number of aryl methyl sites for hydroxylation is 1. The van der Waals surface area contributed by atoms with Crippen LogP contribution in [0.5, 0.6) is 5.75 Å². The lowest BCUT2D eigenvalue weighted by Gasteiger charge is -2.06. The average Bonchev–Trinajstić information content (AvgIpc) is 3.45. The van der Waals surface area contributed by atoms with Gasteiger partial charge in [0.1, 0.15) is 23.9 Å². The van der Waals surface area contributed by atoms with Gasteiger partial charge in [0.25, 0.3) is 0 Å². The molecule has 4 aromatic rings. The third-order valence-electron chi connectivity index (χ3n) is 3.98. The second kappa shape index (κ2) is 8.18. The number of thioether (sulfide) groups is 1. The molecule has 0 aliphatic rings. The fraction of sp³-hybridized carbons (Fsp3) is 0.150. The summed E-state index contributed by atoms with van der Waals surface area (Å²) in [6, 6.07) is 15.2. The number of benzene rings is 1. The normalized spacial score (nSPS) is 11.4. The molecule has 0 saturated heterocycles. The molecule has 0 aliphatic heterocycles. The summed E-state index contributed by atoms with van der Waals surface area (Å²) in [6.45, 7) is 2.35. The molecule has 4 rings (SSSR count). The van der Waals surface area contributed by atoms with Crippen LogP contribution in [0.15, 0.2) is 73.9 Å². The van der Waals surface area contributed by atoms with Crippen LogP contribution in [0.4, 0.5) is 0 Å². The van der Waals surface area contributed by atoms with Gasteiger partial charge < -0.3 is 13.6 Å². The molecule has 0 N–H and O–H groups in total. The number of hydrogen-bond acceptors (Lipinski definition) is 7. The minimum absolute atomic E-state index is 0.346. The Labute approximate surface area is 166 Å². The van der Waals surface area contributed by atoms with Crippen molar-refractivity contribution < 1.29 is 13.6 Å². The van der Waals surface area contributed by atoms with Crippen molar-refractivity contribution in [3.8, 4) is 17.3 Å². The van der Waals surface area contributed by atoms with E-state index in [0.29, 0.717) is 34.9 Å². The second-order valence-electron chi connectivity index (χ2n) is 5.90. The highest BCUT2D eigenvalue weighted by atomic mass is 32.2. The van der Waals surface area contributed by atoms with Gasteiger partial charge in [-0.25, -0.2) is 0 Å². The molecule has 3 heterocycles. The summed E-state index contributed by atoms with van der Waals surface area (Å²) < 4.78 is 18.6. The first kappa shape index (κ1) is 18.1. The van der Waals surface area contributed by atoms with Crippen molar-refractivity contribution in [3.63, 3.8) is 0 Å². The molecule has 0 aliphatic carbocycles. The molecule has 0 saturated carbocycles. The van der Waals surface area contributed by atoms with Crippen LogP contribution < -0.4 is 4.74 Å². The summed E-state index contributed by atoms with van der Waals surface area (Å²) in [4.78, 5) is 0. The first-order valence-corrected chi connectivity index (χ1v) is 9.82. The van der Waals surface area contributed by atoms with Crippen LogP contribution in [-0.2, 0) is 6.61 Å². The van der Waals surface area contributed by atoms with Gasteiger partial charge in [0.2, 0.25) is 11.0 Å². The summed E-state index contributed by atoms with van der Waals surface area (Å²) in [5.74, 6) is 3.28. The molecule has 142 valence electrons. The van der Waals surface area contributed by atoms with Crippen LogP contribution in [0.25, 0.3) is 11.6 Å². The molecule has 0 spiro atoms. The Bertz CT molecular complexity index is 1080. The Hall–Kier alpha value is -3.26. The third-order valence-corrected chi connectivity index (χ3v) is 4.60. The Morgan fingerprint density at radius 1 is 1.14 bits per heavy atom. The van der Waals surface area contributed by atoms with Crippen molar-refractivity contribution in [2.24, 2.45) is 5.10 Å². The Balaban J connectivity index is 1.49. The molecular formula is C20H18N4O3S. The van der Waals surface area contributed by atoms with Crippen molar-refractivity contribution >= 4 is 18.0 Å². The van der Waals surface area contributed by atoms with E-state index in [2.05, 4.69) is 15.3 Å². The van der Waals surface area contributed by atoms with Crippen molar-refractivity contribution in [1.29, 1.82) is 0 Å². The lowest BCUT2D eigenvalue weighted by molar-refractivity contribution is 0.268. The zero-order valence-corrected chi connectivity index (χ0v) is 16.2. The molecule has 3 aromatic heterocycles. The lowest BCUT2D eigenvalue weighted by atomic mass is 10.2. The van der Waals surface area contributed by atoms with E-state index in [-0.39, 0.29) is 0 Å². The quantitative estimate of drug-likeness (QED) is 0.336. The van der Waals surface area contributed by atoms with E-state index in [9.17, 15) is 0 Å². The molecule has 0 atom stereocenters. The summed E-state index contributed by atoms with van der Waals surface area (Å²) >= 11 is 1.44. The van der Waals surface area contributed by atoms with Crippen molar-refractivity contribution in [2.75, 3.05) is 6.26 Å². The number of nitrogens with zero attached hydrogens (tertiary/aromatic N) is 4. The SMILES string of the molecule is CSc1nnc(-c2ccco2)n1N=Cc1ccc(COc2ccccc2C)o1. The first-order chi connectivity index (χ1) is 13.7. The predicted molar refractivity (Wildman–Crippen MR) is 107 cm³/mol. The molecule has 28 heavy (non-hydrogen) atoms. The second-order valence-corrected chi connectivity index (χ2v) is 6.68. The number of aromatic nitrogens is 3. The maximum absolute atomic E-state index is 5.81. The minimum Gasteiger partial charge on any atom is -0.485 e. The van der Waals surface area contributed by atoms with E-state index in [1.54, 1.807) is 23.2 Å². The minimum atomic E-state index is 0.346. The standard InChI is InChI=1S/C20H18N4O3S/c1-14-6-3-4-7-17(14)26-13-16-10-9-15(27-16)12-21-24-19(18-8-5-11-25-18)22-23-20(24)28-2/h3-12H,13H2,1-2H3. The van der Waals surface area contributed by atoms with Gasteiger partial charge >= 0.3 is 0 Å². The first-order valence-electron chi connectivity index (χ1n) is 8.59. The molecule has 7 nitrogen and oxygen atoms in total. The van der Waals surface area contributed by atoms with Crippen LogP contribution in [0.2, 0.25) is 0 Å². The van der Waals surface area contributed by atoms with Crippen LogP contribution in [0, 0.1) is 6.92 Å². The number of ether oxygens (including phenoxy) is 1. The van der Waals surface area contributed by atoms with Crippen molar-refractivity contribution in [1.82, 2.24) is 14.9 Å². The van der Waals surface area contributed by atoms with Gasteiger partial charge in [-0.05, 0) is 49.1 Å². The van der Waals surface area contributed by atoms with Crippen LogP contribution in [0.1, 0.15) is 17.1 Å². The van der Waals surface area contributed by atoms with E-state index in [4.69, 9.17) is 13.6 Å². The Kier molecular flexibility index (Phi) is 5.29. The molecule has 1 aromatic carbocycles. The number of furan rings is 2. The monoisotopic (exact) mass is 394 g/mol. The van der Waals surface area contributed by atoms with Crippen molar-refractivity contribution in [2.45, 2.75) is 18.7 Å². The molecule has 0 unspecified atom stereocenters. The summed E-state index contributed by atoms with van der Waals surface area (Å²) in [7, 11) is 0. The van der Waals surface area contributed by atoms with Crippen LogP contribution in [0.3, 0.4) is 0 Å². The Morgan fingerprint density at radius 2 is 2.04 bits per heavy atom. The molecule has 8 heteroatoms. The van der Waals surface area contributed by atoms with Gasteiger partial charge in [-0.15, -0.1) is 10.2 Å². The average molecular weight is 394 g/mol. The number of hydrogen-bond donors (Lipinski definition) is 0. The Morgan fingerprint density at radius 3 is 2.82 bits per heavy atom. The molecular weight excluding hydrogens is 376 g/mol. The highest BCUT2D eigenvalue weighted by molar-refractivity contribution is 7.98. The highest BCUT2D eigenvalue weighted by Crippen LogP contribution is 2.23. The summed E-state index contributed by atoms with van der Waals surface area (Å²) in [5.41, 5.74) is 1.08. The summed E-state index contributed by atoms with van der Waals surface area (Å²) in [5, 5.41) is 13.4. The van der Waals surface area contributed by atoms with Gasteiger partial charge in [-0.1, -0.05) is 30.0 Å². The van der Waals surface area contributed by atoms with E-state index in [1.807, 2.05) is 55.6 Å². The maximum atomic E-state index is 5.81. The molecule has 0 fully saturated rings. The smallest absolute Gasteiger partial charge is 0.221 e. The zero-order chi connectivity index (χ0) is 19.3. The van der Waals surface area contributed by atoms with Gasteiger partial charge in [-0.3, -0.25) is 0 Å². The molecule has 0 radical (unpaired) electrons. The molecule has 0 bridgehead atoms. The van der Waals surface area contributed by atoms with Crippen molar-refractivity contribution in [3.05, 3.63) is 71.9 Å². The topological polar surface area (TPSA) is 78.6 Å². The van der Waals surface area contributed by atoms with Gasteiger partial charge in [0.15, 0.2) is 5.76 Å². The third kappa shape index (κ3) is 3.86. The largest absolute Gasteiger partial charge is 0.485 e. The van der Waals surface area contributed by atoms with E-state index >= 15 is 0 Å². The fourth-order valence-corrected chi connectivity index (χ4v) is 3.01. The fourth-order valence-electron chi connectivity index (χ4n) is 2.58. The zero-order valence-electron chi connectivity index (χ0n) is 15.4. The lowest BCUT2D eigenvalue weighted by Crippen LogP contribution is -1.96. The predicted octanol–water partition coefficient (Wildman–Crippen LogP) is 4.62. The van der Waals surface area contributed by atoms with E-state index in [0.717, 1.165) is 11.3 Å².